The Balaban J connectivity index is 3.60. The molecule has 0 saturated carbocycles. The van der Waals surface area contributed by atoms with Crippen LogP contribution in [0.25, 0.3) is 0 Å². The zero-order chi connectivity index (χ0) is 11.7. The van der Waals surface area contributed by atoms with E-state index >= 15 is 0 Å². The van der Waals surface area contributed by atoms with Crippen molar-refractivity contribution >= 4 is 0 Å². The smallest absolute Gasteiger partial charge is 0.00766 e. The summed E-state index contributed by atoms with van der Waals surface area (Å²) < 4.78 is 0. The van der Waals surface area contributed by atoms with Crippen LogP contribution in [0, 0.1) is 5.92 Å². The quantitative estimate of drug-likeness (QED) is 0.598. The van der Waals surface area contributed by atoms with E-state index in [1.807, 2.05) is 0 Å². The van der Waals surface area contributed by atoms with Gasteiger partial charge in [-0.3, -0.25) is 0 Å². The number of hydrogen-bond donors (Lipinski definition) is 1. The molecule has 0 fully saturated rings. The second-order valence-electron chi connectivity index (χ2n) is 4.90. The van der Waals surface area contributed by atoms with E-state index in [0.717, 1.165) is 13.0 Å². The van der Waals surface area contributed by atoms with Crippen LogP contribution in [0.15, 0.2) is 0 Å². The maximum Gasteiger partial charge on any atom is 0.00766 e. The second kappa shape index (κ2) is 9.17. The molecule has 0 heterocycles. The summed E-state index contributed by atoms with van der Waals surface area (Å²) in [6, 6.07) is 0.378. The molecule has 0 aromatic rings. The first-order valence-electron chi connectivity index (χ1n) is 6.55. The first-order valence-corrected chi connectivity index (χ1v) is 6.55. The minimum Gasteiger partial charge on any atom is -0.327 e. The zero-order valence-electron chi connectivity index (χ0n) is 11.1. The van der Waals surface area contributed by atoms with E-state index in [1.165, 1.54) is 32.2 Å². The van der Waals surface area contributed by atoms with Crippen LogP contribution >= 0.6 is 0 Å². The van der Waals surface area contributed by atoms with Gasteiger partial charge in [0.1, 0.15) is 0 Å². The highest BCUT2D eigenvalue weighted by Crippen LogP contribution is 2.08. The molecule has 0 saturated heterocycles. The van der Waals surface area contributed by atoms with Crippen molar-refractivity contribution in [3.05, 3.63) is 0 Å². The van der Waals surface area contributed by atoms with Crippen LogP contribution < -0.4 is 5.73 Å². The predicted octanol–water partition coefficient (Wildman–Crippen LogP) is 2.87. The van der Waals surface area contributed by atoms with Gasteiger partial charge in [-0.2, -0.15) is 0 Å². The predicted molar refractivity (Wildman–Crippen MR) is 69.1 cm³/mol. The van der Waals surface area contributed by atoms with E-state index in [0.29, 0.717) is 12.0 Å². The average molecular weight is 214 g/mol. The fraction of sp³-hybridized carbons (Fsp3) is 1.00. The van der Waals surface area contributed by atoms with Gasteiger partial charge in [-0.25, -0.2) is 0 Å². The molecule has 0 aliphatic heterocycles. The lowest BCUT2D eigenvalue weighted by molar-refractivity contribution is 0.254. The van der Waals surface area contributed by atoms with Crippen LogP contribution in [0.2, 0.25) is 0 Å². The van der Waals surface area contributed by atoms with Gasteiger partial charge < -0.3 is 10.6 Å². The van der Waals surface area contributed by atoms with Crippen molar-refractivity contribution in [2.24, 2.45) is 11.7 Å². The molecular weight excluding hydrogens is 184 g/mol. The van der Waals surface area contributed by atoms with Crippen LogP contribution in [0.5, 0.6) is 0 Å². The fourth-order valence-corrected chi connectivity index (χ4v) is 1.97. The standard InChI is InChI=1S/C13H30N2/c1-5-7-8-10-15(4)11-12(3)13(14)9-6-2/h12-13H,5-11,14H2,1-4H3. The molecule has 15 heavy (non-hydrogen) atoms. The van der Waals surface area contributed by atoms with E-state index in [-0.39, 0.29) is 0 Å². The third-order valence-electron chi connectivity index (χ3n) is 3.10. The Bertz CT molecular complexity index is 136. The van der Waals surface area contributed by atoms with Crippen molar-refractivity contribution in [1.82, 2.24) is 4.90 Å². The van der Waals surface area contributed by atoms with Gasteiger partial charge in [-0.05, 0) is 32.4 Å². The largest absolute Gasteiger partial charge is 0.327 e. The molecule has 2 atom stereocenters. The third kappa shape index (κ3) is 7.80. The first kappa shape index (κ1) is 14.9. The van der Waals surface area contributed by atoms with Gasteiger partial charge in [0.2, 0.25) is 0 Å². The first-order chi connectivity index (χ1) is 7.11. The van der Waals surface area contributed by atoms with Crippen molar-refractivity contribution in [3.8, 4) is 0 Å². The number of hydrogen-bond acceptors (Lipinski definition) is 2. The lowest BCUT2D eigenvalue weighted by Crippen LogP contribution is -2.36. The summed E-state index contributed by atoms with van der Waals surface area (Å²) in [5.41, 5.74) is 6.10. The highest BCUT2D eigenvalue weighted by atomic mass is 15.1. The Morgan fingerprint density at radius 1 is 1.13 bits per heavy atom. The van der Waals surface area contributed by atoms with Crippen molar-refractivity contribution in [2.45, 2.75) is 58.9 Å². The molecule has 0 amide bonds. The van der Waals surface area contributed by atoms with Gasteiger partial charge in [-0.15, -0.1) is 0 Å². The molecule has 0 radical (unpaired) electrons. The molecule has 0 spiro atoms. The van der Waals surface area contributed by atoms with E-state index in [4.69, 9.17) is 5.73 Å². The maximum absolute atomic E-state index is 6.10. The monoisotopic (exact) mass is 214 g/mol. The van der Waals surface area contributed by atoms with Crippen LogP contribution in [-0.4, -0.2) is 31.1 Å². The van der Waals surface area contributed by atoms with E-state index in [1.54, 1.807) is 0 Å². The molecule has 2 nitrogen and oxygen atoms in total. The van der Waals surface area contributed by atoms with Gasteiger partial charge in [-0.1, -0.05) is 40.0 Å². The summed E-state index contributed by atoms with van der Waals surface area (Å²) in [7, 11) is 2.21. The summed E-state index contributed by atoms with van der Waals surface area (Å²) in [6.45, 7) is 9.09. The topological polar surface area (TPSA) is 29.3 Å². The van der Waals surface area contributed by atoms with Crippen molar-refractivity contribution in [2.75, 3.05) is 20.1 Å². The third-order valence-corrected chi connectivity index (χ3v) is 3.10. The molecule has 0 aromatic heterocycles. The van der Waals surface area contributed by atoms with Gasteiger partial charge >= 0.3 is 0 Å². The average Bonchev–Trinajstić information content (AvgIpc) is 2.18. The van der Waals surface area contributed by atoms with Crippen LogP contribution in [0.3, 0.4) is 0 Å². The molecular formula is C13H30N2. The second-order valence-corrected chi connectivity index (χ2v) is 4.90. The molecule has 92 valence electrons. The normalized spacial score (nSPS) is 15.6. The molecule has 2 unspecified atom stereocenters. The Kier molecular flexibility index (Phi) is 9.12. The highest BCUT2D eigenvalue weighted by Gasteiger charge is 2.13. The van der Waals surface area contributed by atoms with Gasteiger partial charge in [0.15, 0.2) is 0 Å². The summed E-state index contributed by atoms with van der Waals surface area (Å²) >= 11 is 0. The summed E-state index contributed by atoms with van der Waals surface area (Å²) in [5.74, 6) is 0.622. The van der Waals surface area contributed by atoms with Crippen LogP contribution in [0.4, 0.5) is 0 Å². The summed E-state index contributed by atoms with van der Waals surface area (Å²) in [4.78, 5) is 2.43. The molecule has 0 rings (SSSR count). The Morgan fingerprint density at radius 2 is 1.80 bits per heavy atom. The van der Waals surface area contributed by atoms with Crippen molar-refractivity contribution < 1.29 is 0 Å². The maximum atomic E-state index is 6.10. The van der Waals surface area contributed by atoms with Gasteiger partial charge in [0.05, 0.1) is 0 Å². The SMILES string of the molecule is CCCCCN(C)CC(C)C(N)CCC. The van der Waals surface area contributed by atoms with Gasteiger partial charge in [0, 0.05) is 12.6 Å². The molecule has 2 heteroatoms. The number of nitrogens with zero attached hydrogens (tertiary/aromatic N) is 1. The van der Waals surface area contributed by atoms with E-state index in [2.05, 4.69) is 32.7 Å². The zero-order valence-corrected chi connectivity index (χ0v) is 11.1. The highest BCUT2D eigenvalue weighted by molar-refractivity contribution is 4.71. The van der Waals surface area contributed by atoms with E-state index in [9.17, 15) is 0 Å². The lowest BCUT2D eigenvalue weighted by atomic mass is 9.98. The van der Waals surface area contributed by atoms with Crippen molar-refractivity contribution in [3.63, 3.8) is 0 Å². The molecule has 0 aliphatic carbocycles. The van der Waals surface area contributed by atoms with Crippen LogP contribution in [-0.2, 0) is 0 Å². The molecule has 2 N–H and O–H groups in total. The minimum atomic E-state index is 0.378. The lowest BCUT2D eigenvalue weighted by Gasteiger charge is -2.25. The molecule has 0 bridgehead atoms. The Hall–Kier alpha value is -0.0800. The number of rotatable bonds is 9. The summed E-state index contributed by atoms with van der Waals surface area (Å²) in [6.07, 6.45) is 6.33. The van der Waals surface area contributed by atoms with Gasteiger partial charge in [0.25, 0.3) is 0 Å². The fourth-order valence-electron chi connectivity index (χ4n) is 1.97. The minimum absolute atomic E-state index is 0.378. The molecule has 0 aliphatic rings. The number of nitrogens with two attached hydrogens (primary N) is 1. The van der Waals surface area contributed by atoms with Crippen LogP contribution in [0.1, 0.15) is 52.9 Å². The van der Waals surface area contributed by atoms with E-state index < -0.39 is 0 Å². The summed E-state index contributed by atoms with van der Waals surface area (Å²) in [5, 5.41) is 0. The Labute approximate surface area is 96.2 Å². The van der Waals surface area contributed by atoms with Crippen molar-refractivity contribution in [1.29, 1.82) is 0 Å². The number of unbranched alkanes of at least 4 members (excludes halogenated alkanes) is 2. The Morgan fingerprint density at radius 3 is 2.33 bits per heavy atom. The molecule has 0 aromatic carbocycles.